The number of para-hydroxylation sites is 1. The molecule has 0 heterocycles. The second-order valence-corrected chi connectivity index (χ2v) is 5.50. The number of aliphatic hydroxyl groups is 1. The van der Waals surface area contributed by atoms with Crippen LogP contribution in [-0.4, -0.2) is 30.1 Å². The van der Waals surface area contributed by atoms with Crippen molar-refractivity contribution in [2.75, 3.05) is 18.0 Å². The average Bonchev–Trinajstić information content (AvgIpc) is 2.54. The fraction of sp³-hybridized carbons (Fsp3) is 0.529. The molecule has 0 saturated carbocycles. The van der Waals surface area contributed by atoms with Crippen LogP contribution >= 0.6 is 0 Å². The van der Waals surface area contributed by atoms with Crippen LogP contribution in [0.5, 0.6) is 0 Å². The van der Waals surface area contributed by atoms with E-state index in [4.69, 9.17) is 0 Å². The maximum Gasteiger partial charge on any atom is 1.00 e. The number of unbranched alkanes of at least 4 members (excludes halogenated alkanes) is 2. The van der Waals surface area contributed by atoms with Crippen LogP contribution in [0.15, 0.2) is 24.3 Å². The first-order valence-electron chi connectivity index (χ1n) is 7.89. The monoisotopic (exact) mass is 399 g/mol. The van der Waals surface area contributed by atoms with Crippen molar-refractivity contribution in [2.24, 2.45) is 0 Å². The average molecular weight is 400 g/mol. The van der Waals surface area contributed by atoms with Crippen LogP contribution < -0.4 is 118 Å². The van der Waals surface area contributed by atoms with Gasteiger partial charge in [-0.1, -0.05) is 44.9 Å². The molecule has 8 heteroatoms. The van der Waals surface area contributed by atoms with E-state index in [0.29, 0.717) is 18.8 Å². The van der Waals surface area contributed by atoms with E-state index in [1.807, 2.05) is 18.7 Å². The van der Waals surface area contributed by atoms with Gasteiger partial charge in [0.1, 0.15) is 0 Å². The molecule has 0 amide bonds. The van der Waals surface area contributed by atoms with Gasteiger partial charge in [-0.25, -0.2) is 0 Å². The van der Waals surface area contributed by atoms with Crippen molar-refractivity contribution in [1.29, 1.82) is 0 Å². The molecule has 6 nitrogen and oxygen atoms in total. The SMILES string of the molecule is CCCCN(CCCC)c1ccccc1C(O)(C(=O)[O-])C(=O)[O-].[K+].[K+]. The minimum absolute atomic E-state index is 0. The van der Waals surface area contributed by atoms with Crippen molar-refractivity contribution >= 4 is 17.6 Å². The molecule has 0 fully saturated rings. The first kappa shape index (κ1) is 28.4. The van der Waals surface area contributed by atoms with E-state index in [0.717, 1.165) is 25.7 Å². The number of aliphatic carboxylic acids is 2. The van der Waals surface area contributed by atoms with E-state index < -0.39 is 17.5 Å². The Bertz CT molecular complexity index is 532. The van der Waals surface area contributed by atoms with E-state index in [2.05, 4.69) is 0 Å². The van der Waals surface area contributed by atoms with Gasteiger partial charge in [0.15, 0.2) is 5.60 Å². The van der Waals surface area contributed by atoms with Gasteiger partial charge in [-0.3, -0.25) is 0 Å². The smallest absolute Gasteiger partial charge is 0.546 e. The van der Waals surface area contributed by atoms with Gasteiger partial charge in [-0.2, -0.15) is 0 Å². The predicted molar refractivity (Wildman–Crippen MR) is 82.4 cm³/mol. The third kappa shape index (κ3) is 7.61. The Morgan fingerprint density at radius 1 is 1.00 bits per heavy atom. The van der Waals surface area contributed by atoms with Crippen LogP contribution in [0, 0.1) is 0 Å². The summed E-state index contributed by atoms with van der Waals surface area (Å²) in [5, 5.41) is 32.7. The topological polar surface area (TPSA) is 104 Å². The zero-order valence-electron chi connectivity index (χ0n) is 15.6. The molecule has 25 heavy (non-hydrogen) atoms. The van der Waals surface area contributed by atoms with Gasteiger partial charge in [0, 0.05) is 24.3 Å². The zero-order valence-corrected chi connectivity index (χ0v) is 21.8. The Balaban J connectivity index is 0. The Labute approximate surface area is 234 Å². The summed E-state index contributed by atoms with van der Waals surface area (Å²) >= 11 is 0. The van der Waals surface area contributed by atoms with Crippen LogP contribution in [0.2, 0.25) is 0 Å². The molecule has 0 saturated heterocycles. The number of carbonyl (C=O) groups is 2. The van der Waals surface area contributed by atoms with Gasteiger partial charge < -0.3 is 29.8 Å². The summed E-state index contributed by atoms with van der Waals surface area (Å²) in [4.78, 5) is 24.4. The van der Waals surface area contributed by atoms with Crippen molar-refractivity contribution in [2.45, 2.75) is 45.1 Å². The van der Waals surface area contributed by atoms with Gasteiger partial charge in [0.05, 0.1) is 11.9 Å². The predicted octanol–water partition coefficient (Wildman–Crippen LogP) is -6.21. The molecule has 1 aromatic rings. The van der Waals surface area contributed by atoms with Crippen molar-refractivity contribution in [3.05, 3.63) is 29.8 Å². The van der Waals surface area contributed by atoms with Gasteiger partial charge >= 0.3 is 103 Å². The number of nitrogens with zero attached hydrogens (tertiary/aromatic N) is 1. The van der Waals surface area contributed by atoms with E-state index >= 15 is 0 Å². The van der Waals surface area contributed by atoms with Crippen LogP contribution in [0.1, 0.15) is 45.1 Å². The summed E-state index contributed by atoms with van der Waals surface area (Å²) in [5.74, 6) is -4.20. The molecule has 0 aliphatic rings. The number of rotatable bonds is 10. The van der Waals surface area contributed by atoms with Gasteiger partial charge in [0.2, 0.25) is 0 Å². The van der Waals surface area contributed by atoms with Crippen LogP contribution in [0.25, 0.3) is 0 Å². The van der Waals surface area contributed by atoms with Crippen LogP contribution in [-0.2, 0) is 15.2 Å². The van der Waals surface area contributed by atoms with E-state index in [-0.39, 0.29) is 108 Å². The standard InChI is InChI=1S/C17H25NO5.2K/c1-3-5-11-18(12-6-4-2)14-10-8-7-9-13(14)17(23,15(19)20)16(21)22;;/h7-10,23H,3-6,11-12H2,1-2H3,(H,19,20)(H,21,22);;/q;2*+1/p-2. The fourth-order valence-corrected chi connectivity index (χ4v) is 2.41. The second-order valence-electron chi connectivity index (χ2n) is 5.50. The molecular formula is C17H23K2NO5. The first-order valence-corrected chi connectivity index (χ1v) is 7.89. The summed E-state index contributed by atoms with van der Waals surface area (Å²) in [6.45, 7) is 5.35. The van der Waals surface area contributed by atoms with E-state index in [9.17, 15) is 24.9 Å². The zero-order chi connectivity index (χ0) is 17.5. The molecule has 1 rings (SSSR count). The maximum atomic E-state index is 11.3. The summed E-state index contributed by atoms with van der Waals surface area (Å²) in [7, 11) is 0. The molecule has 0 unspecified atom stereocenters. The van der Waals surface area contributed by atoms with Gasteiger partial charge in [-0.15, -0.1) is 0 Å². The maximum absolute atomic E-state index is 11.3. The third-order valence-electron chi connectivity index (χ3n) is 3.79. The first-order chi connectivity index (χ1) is 10.9. The molecule has 128 valence electrons. The van der Waals surface area contributed by atoms with Crippen molar-refractivity contribution < 1.29 is 128 Å². The number of benzene rings is 1. The molecule has 0 atom stereocenters. The largest absolute Gasteiger partial charge is 1.00 e. The molecule has 0 aliphatic carbocycles. The van der Waals surface area contributed by atoms with Crippen LogP contribution in [0.4, 0.5) is 5.69 Å². The van der Waals surface area contributed by atoms with Crippen molar-refractivity contribution in [3.63, 3.8) is 0 Å². The molecule has 1 N–H and O–H groups in total. The Hall–Kier alpha value is 1.19. The van der Waals surface area contributed by atoms with Gasteiger partial charge in [0.25, 0.3) is 0 Å². The van der Waals surface area contributed by atoms with Gasteiger partial charge in [-0.05, 0) is 18.9 Å². The normalized spacial score (nSPS) is 10.4. The Morgan fingerprint density at radius 2 is 1.44 bits per heavy atom. The summed E-state index contributed by atoms with van der Waals surface area (Å²) in [6.07, 6.45) is 3.62. The number of anilines is 1. The molecular weight excluding hydrogens is 376 g/mol. The molecule has 1 aromatic carbocycles. The number of carboxylic acids is 2. The van der Waals surface area contributed by atoms with Crippen LogP contribution in [0.3, 0.4) is 0 Å². The fourth-order valence-electron chi connectivity index (χ4n) is 2.41. The van der Waals surface area contributed by atoms with E-state index in [1.165, 1.54) is 12.1 Å². The van der Waals surface area contributed by atoms with E-state index in [1.54, 1.807) is 12.1 Å². The number of carbonyl (C=O) groups excluding carboxylic acids is 2. The third-order valence-corrected chi connectivity index (χ3v) is 3.79. The molecule has 0 radical (unpaired) electrons. The Morgan fingerprint density at radius 3 is 1.84 bits per heavy atom. The van der Waals surface area contributed by atoms with Crippen molar-refractivity contribution in [3.8, 4) is 0 Å². The molecule has 0 bridgehead atoms. The molecule has 0 spiro atoms. The summed E-state index contributed by atoms with van der Waals surface area (Å²) in [6, 6.07) is 6.05. The Kier molecular flexibility index (Phi) is 16.2. The number of carboxylic acid groups (broad SMARTS) is 2. The summed E-state index contributed by atoms with van der Waals surface area (Å²) in [5.41, 5.74) is -3.02. The quantitative estimate of drug-likeness (QED) is 0.310. The molecule has 0 aliphatic heterocycles. The van der Waals surface area contributed by atoms with Crippen molar-refractivity contribution in [1.82, 2.24) is 0 Å². The second kappa shape index (κ2) is 14.2. The summed E-state index contributed by atoms with van der Waals surface area (Å²) < 4.78 is 0. The number of hydrogen-bond acceptors (Lipinski definition) is 6. The minimum atomic E-state index is -3.17. The molecule has 0 aromatic heterocycles. The minimum Gasteiger partial charge on any atom is -0.546 e. The number of hydrogen-bond donors (Lipinski definition) is 1.